The minimum atomic E-state index is -5.51. The first-order valence-electron chi connectivity index (χ1n) is 8.46. The number of halogens is 3. The molecule has 3 rings (SSSR count). The Morgan fingerprint density at radius 3 is 2.42 bits per heavy atom. The molecule has 168 valence electrons. The van der Waals surface area contributed by atoms with Gasteiger partial charge in [0.2, 0.25) is 0 Å². The Bertz CT molecular complexity index is 1160. The number of nitrogens with two attached hydrogens (primary N) is 1. The number of hydrogen-bond acceptors (Lipinski definition) is 8. The highest BCUT2D eigenvalue weighted by Gasteiger charge is 2.46. The van der Waals surface area contributed by atoms with E-state index in [1.807, 2.05) is 6.07 Å². The van der Waals surface area contributed by atoms with E-state index in [2.05, 4.69) is 10.4 Å². The first-order chi connectivity index (χ1) is 14.2. The molecule has 1 aromatic carbocycles. The van der Waals surface area contributed by atoms with Crippen LogP contribution in [-0.2, 0) is 9.84 Å². The largest absolute Gasteiger partial charge is 0.501 e. The van der Waals surface area contributed by atoms with E-state index in [9.17, 15) is 40.8 Å². The van der Waals surface area contributed by atoms with Gasteiger partial charge in [-0.3, -0.25) is 18.6 Å². The van der Waals surface area contributed by atoms with E-state index >= 15 is 0 Å². The summed E-state index contributed by atoms with van der Waals surface area (Å²) >= 11 is 0. The minimum Gasteiger partial charge on any atom is -0.365 e. The van der Waals surface area contributed by atoms with Gasteiger partial charge in [-0.15, -0.1) is 0 Å². The number of sulfone groups is 1. The van der Waals surface area contributed by atoms with Crippen molar-refractivity contribution in [1.29, 1.82) is 5.26 Å². The van der Waals surface area contributed by atoms with Crippen molar-refractivity contribution in [2.45, 2.75) is 16.4 Å². The SMILES string of the molecule is N#CC1CS(O)(O)CC1n1cc(C(N)=O)c(Nc2ccc(S(=O)(=O)C(F)(F)F)cc2)n1. The Morgan fingerprint density at radius 2 is 1.90 bits per heavy atom. The lowest BCUT2D eigenvalue weighted by molar-refractivity contribution is -0.0436. The maximum atomic E-state index is 12.6. The number of nitrogens with one attached hydrogen (secondary N) is 1. The smallest absolute Gasteiger partial charge is 0.365 e. The molecule has 1 fully saturated rings. The summed E-state index contributed by atoms with van der Waals surface area (Å²) in [6.45, 7) is 0. The minimum absolute atomic E-state index is 0.0982. The van der Waals surface area contributed by atoms with Crippen LogP contribution in [0.2, 0.25) is 0 Å². The summed E-state index contributed by atoms with van der Waals surface area (Å²) in [5.74, 6) is -2.06. The van der Waals surface area contributed by atoms with E-state index < -0.39 is 48.7 Å². The number of hydrogen-bond donors (Lipinski definition) is 4. The summed E-state index contributed by atoms with van der Waals surface area (Å²) < 4.78 is 81.9. The highest BCUT2D eigenvalue weighted by molar-refractivity contribution is 8.24. The van der Waals surface area contributed by atoms with E-state index in [4.69, 9.17) is 5.73 Å². The molecule has 10 nitrogen and oxygen atoms in total. The Hall–Kier alpha value is -2.80. The molecule has 1 amide bonds. The molecule has 0 aliphatic carbocycles. The lowest BCUT2D eigenvalue weighted by Crippen LogP contribution is -2.23. The summed E-state index contributed by atoms with van der Waals surface area (Å²) in [7, 11) is -8.50. The molecule has 0 saturated carbocycles. The van der Waals surface area contributed by atoms with Gasteiger partial charge in [0.05, 0.1) is 34.4 Å². The number of alkyl halides is 3. The average molecular weight is 479 g/mol. The van der Waals surface area contributed by atoms with Gasteiger partial charge < -0.3 is 11.1 Å². The number of nitrogens with zero attached hydrogens (tertiary/aromatic N) is 3. The van der Waals surface area contributed by atoms with Crippen LogP contribution in [0.5, 0.6) is 0 Å². The molecule has 1 aromatic heterocycles. The molecule has 2 aromatic rings. The van der Waals surface area contributed by atoms with Crippen molar-refractivity contribution in [2.24, 2.45) is 11.7 Å². The molecule has 1 aliphatic rings. The summed E-state index contributed by atoms with van der Waals surface area (Å²) in [6.07, 6.45) is 1.23. The molecular formula is C16H16F3N5O5S2. The number of benzene rings is 1. The maximum absolute atomic E-state index is 12.6. The second kappa shape index (κ2) is 7.71. The molecule has 15 heteroatoms. The quantitative estimate of drug-likeness (QED) is 0.506. The molecule has 1 aliphatic heterocycles. The van der Waals surface area contributed by atoms with Crippen LogP contribution in [0.4, 0.5) is 24.7 Å². The topological polar surface area (TPSA) is 171 Å². The van der Waals surface area contributed by atoms with Crippen molar-refractivity contribution in [3.05, 3.63) is 36.0 Å². The van der Waals surface area contributed by atoms with Gasteiger partial charge in [0, 0.05) is 11.9 Å². The van der Waals surface area contributed by atoms with Crippen LogP contribution in [0.25, 0.3) is 0 Å². The maximum Gasteiger partial charge on any atom is 0.501 e. The number of primary amides is 1. The number of amides is 1. The molecule has 1 saturated heterocycles. The molecule has 0 bridgehead atoms. The Kier molecular flexibility index (Phi) is 5.69. The molecule has 2 heterocycles. The van der Waals surface area contributed by atoms with Gasteiger partial charge >= 0.3 is 5.51 Å². The van der Waals surface area contributed by atoms with Gasteiger partial charge in [-0.1, -0.05) is 0 Å². The van der Waals surface area contributed by atoms with Crippen molar-refractivity contribution >= 4 is 37.8 Å². The van der Waals surface area contributed by atoms with E-state index in [0.717, 1.165) is 24.3 Å². The molecule has 2 atom stereocenters. The van der Waals surface area contributed by atoms with Crippen molar-refractivity contribution in [1.82, 2.24) is 9.78 Å². The third-order valence-corrected chi connectivity index (χ3v) is 7.85. The zero-order valence-electron chi connectivity index (χ0n) is 15.4. The number of carbonyl (C=O) groups excluding carboxylic acids is 1. The number of aromatic nitrogens is 2. The molecule has 0 spiro atoms. The van der Waals surface area contributed by atoms with Crippen molar-refractivity contribution in [3.63, 3.8) is 0 Å². The third kappa shape index (κ3) is 4.46. The Morgan fingerprint density at radius 1 is 1.29 bits per heavy atom. The van der Waals surface area contributed by atoms with Gasteiger partial charge in [0.15, 0.2) is 5.82 Å². The highest BCUT2D eigenvalue weighted by atomic mass is 32.3. The summed E-state index contributed by atoms with van der Waals surface area (Å²) in [6, 6.07) is 4.81. The van der Waals surface area contributed by atoms with Crippen LogP contribution in [0, 0.1) is 17.2 Å². The monoisotopic (exact) mass is 479 g/mol. The van der Waals surface area contributed by atoms with Crippen LogP contribution >= 0.6 is 10.6 Å². The normalized spacial score (nSPS) is 21.9. The second-order valence-corrected chi connectivity index (χ2v) is 11.0. The molecule has 0 radical (unpaired) electrons. The standard InChI is InChI=1S/C16H16F3N5O5S2/c17-16(18,19)31(28,29)11-3-1-10(2-4-11)22-15-12(14(21)25)6-24(23-15)13-8-30(26,27)7-9(13)5-20/h1-4,6,9,13,26-27H,7-8H2,(H2,21,25)(H,22,23). The van der Waals surface area contributed by atoms with E-state index in [1.54, 1.807) is 0 Å². The van der Waals surface area contributed by atoms with Crippen LogP contribution in [0.1, 0.15) is 16.4 Å². The van der Waals surface area contributed by atoms with Crippen molar-refractivity contribution < 1.29 is 35.5 Å². The zero-order valence-corrected chi connectivity index (χ0v) is 17.1. The number of carbonyl (C=O) groups is 1. The fraction of sp³-hybridized carbons (Fsp3) is 0.312. The highest BCUT2D eigenvalue weighted by Crippen LogP contribution is 2.52. The van der Waals surface area contributed by atoms with E-state index in [1.165, 1.54) is 10.9 Å². The summed E-state index contributed by atoms with van der Waals surface area (Å²) in [5.41, 5.74) is -0.121. The third-order valence-electron chi connectivity index (χ3n) is 4.58. The van der Waals surface area contributed by atoms with Crippen LogP contribution < -0.4 is 11.1 Å². The van der Waals surface area contributed by atoms with Gasteiger partial charge in [-0.05, 0) is 24.3 Å². The Labute approximate surface area is 175 Å². The van der Waals surface area contributed by atoms with Crippen LogP contribution in [-0.4, -0.2) is 50.2 Å². The Balaban J connectivity index is 1.91. The van der Waals surface area contributed by atoms with Crippen LogP contribution in [0.3, 0.4) is 0 Å². The predicted molar refractivity (Wildman–Crippen MR) is 104 cm³/mol. The summed E-state index contributed by atoms with van der Waals surface area (Å²) in [5, 5.41) is 16.1. The fourth-order valence-electron chi connectivity index (χ4n) is 3.06. The average Bonchev–Trinajstić information content (AvgIpc) is 3.21. The molecule has 5 N–H and O–H groups in total. The van der Waals surface area contributed by atoms with Gasteiger partial charge in [0.25, 0.3) is 15.7 Å². The number of rotatable bonds is 5. The summed E-state index contributed by atoms with van der Waals surface area (Å²) in [4.78, 5) is 10.8. The predicted octanol–water partition coefficient (Wildman–Crippen LogP) is 2.46. The van der Waals surface area contributed by atoms with Crippen LogP contribution in [0.15, 0.2) is 35.4 Å². The lowest BCUT2D eigenvalue weighted by atomic mass is 10.1. The van der Waals surface area contributed by atoms with Crippen molar-refractivity contribution in [2.75, 3.05) is 16.8 Å². The second-order valence-electron chi connectivity index (χ2n) is 6.77. The van der Waals surface area contributed by atoms with Gasteiger partial charge in [0.1, 0.15) is 5.56 Å². The molecule has 31 heavy (non-hydrogen) atoms. The first kappa shape index (κ1) is 22.9. The molecular weight excluding hydrogens is 463 g/mol. The first-order valence-corrected chi connectivity index (χ1v) is 11.8. The van der Waals surface area contributed by atoms with E-state index in [-0.39, 0.29) is 28.6 Å². The van der Waals surface area contributed by atoms with Gasteiger partial charge in [-0.2, -0.15) is 34.1 Å². The number of anilines is 2. The molecule has 2 unspecified atom stereocenters. The fourth-order valence-corrected chi connectivity index (χ4v) is 5.76. The number of nitriles is 1. The lowest BCUT2D eigenvalue weighted by Gasteiger charge is -2.25. The van der Waals surface area contributed by atoms with Crippen molar-refractivity contribution in [3.8, 4) is 6.07 Å². The van der Waals surface area contributed by atoms with Gasteiger partial charge in [-0.25, -0.2) is 8.42 Å². The zero-order chi connectivity index (χ0) is 23.2. The van der Waals surface area contributed by atoms with E-state index in [0.29, 0.717) is 0 Å².